The van der Waals surface area contributed by atoms with Crippen LogP contribution in [-0.2, 0) is 6.54 Å². The standard InChI is InChI=1S/C25H24N10S/c26-21(14-7-8-17-19(11-14)36-25(28)34-17)20-22(27)30-13-31-23(20)29-12-18-24(35-9-3-4-10-35)33-16-6-2-1-5-15(16)32-18/h1-2,5-8,11,13,26H,3-4,9-10,12H2,(H2,28,34)(H3,27,29,30,31)/p+1. The number of nitrogens with zero attached hydrogens (tertiary/aromatic N) is 6. The number of nitrogens with two attached hydrogens (primary N) is 3. The monoisotopic (exact) mass is 497 g/mol. The maximum Gasteiger partial charge on any atom is 0.218 e. The third-order valence-electron chi connectivity index (χ3n) is 6.31. The molecule has 180 valence electrons. The van der Waals surface area contributed by atoms with Crippen molar-refractivity contribution in [2.75, 3.05) is 34.8 Å². The van der Waals surface area contributed by atoms with Gasteiger partial charge in [0.05, 0.1) is 27.8 Å². The third-order valence-corrected chi connectivity index (χ3v) is 7.16. The molecule has 0 atom stereocenters. The average Bonchev–Trinajstić information content (AvgIpc) is 3.55. The van der Waals surface area contributed by atoms with Crippen molar-refractivity contribution in [1.29, 1.82) is 0 Å². The minimum atomic E-state index is 0.290. The fourth-order valence-corrected chi connectivity index (χ4v) is 5.32. The summed E-state index contributed by atoms with van der Waals surface area (Å²) in [6.07, 6.45) is 3.72. The molecule has 36 heavy (non-hydrogen) atoms. The van der Waals surface area contributed by atoms with Crippen LogP contribution in [0.3, 0.4) is 0 Å². The second kappa shape index (κ2) is 9.00. The van der Waals surface area contributed by atoms with Crippen molar-refractivity contribution in [1.82, 2.24) is 24.9 Å². The van der Waals surface area contributed by atoms with Gasteiger partial charge in [-0.05, 0) is 43.2 Å². The highest BCUT2D eigenvalue weighted by molar-refractivity contribution is 7.22. The van der Waals surface area contributed by atoms with Crippen LogP contribution in [0.25, 0.3) is 21.3 Å². The van der Waals surface area contributed by atoms with Crippen LogP contribution in [0.15, 0.2) is 48.8 Å². The molecule has 3 aromatic heterocycles. The van der Waals surface area contributed by atoms with Gasteiger partial charge in [0, 0.05) is 18.7 Å². The quantitative estimate of drug-likeness (QED) is 0.258. The predicted molar refractivity (Wildman–Crippen MR) is 144 cm³/mol. The van der Waals surface area contributed by atoms with Crippen LogP contribution in [0.4, 0.5) is 22.6 Å². The Labute approximate surface area is 211 Å². The zero-order valence-electron chi connectivity index (χ0n) is 19.5. The van der Waals surface area contributed by atoms with E-state index in [1.54, 1.807) is 0 Å². The van der Waals surface area contributed by atoms with Crippen LogP contribution in [0.5, 0.6) is 0 Å². The summed E-state index contributed by atoms with van der Waals surface area (Å²) in [5, 5.41) is 10.5. The van der Waals surface area contributed by atoms with E-state index in [1.807, 2.05) is 42.5 Å². The highest BCUT2D eigenvalue weighted by Gasteiger charge is 2.23. The molecule has 11 heteroatoms. The van der Waals surface area contributed by atoms with E-state index >= 15 is 0 Å². The van der Waals surface area contributed by atoms with Gasteiger partial charge in [0.2, 0.25) is 5.71 Å². The molecule has 1 aliphatic rings. The van der Waals surface area contributed by atoms with Crippen molar-refractivity contribution < 1.29 is 5.41 Å². The van der Waals surface area contributed by atoms with Gasteiger partial charge in [-0.25, -0.2) is 24.9 Å². The normalized spacial score (nSPS) is 13.5. The van der Waals surface area contributed by atoms with Crippen molar-refractivity contribution in [3.63, 3.8) is 0 Å². The van der Waals surface area contributed by atoms with Crippen LogP contribution in [0.1, 0.15) is 29.7 Å². The Balaban J connectivity index is 1.34. The number of hydrogen-bond acceptors (Lipinski definition) is 10. The molecule has 0 saturated carbocycles. The van der Waals surface area contributed by atoms with Gasteiger partial charge >= 0.3 is 0 Å². The van der Waals surface area contributed by atoms with Gasteiger partial charge in [-0.15, -0.1) is 0 Å². The van der Waals surface area contributed by atoms with Gasteiger partial charge in [0.15, 0.2) is 10.9 Å². The fraction of sp³-hybridized carbons (Fsp3) is 0.200. The van der Waals surface area contributed by atoms with E-state index in [9.17, 15) is 0 Å². The Kier molecular flexibility index (Phi) is 5.53. The van der Waals surface area contributed by atoms with E-state index in [0.717, 1.165) is 64.3 Å². The van der Waals surface area contributed by atoms with Gasteiger partial charge < -0.3 is 21.7 Å². The lowest BCUT2D eigenvalue weighted by Gasteiger charge is -2.20. The van der Waals surface area contributed by atoms with Crippen molar-refractivity contribution in [2.45, 2.75) is 19.4 Å². The Morgan fingerprint density at radius 3 is 2.56 bits per heavy atom. The first-order chi connectivity index (χ1) is 17.6. The largest absolute Gasteiger partial charge is 0.383 e. The summed E-state index contributed by atoms with van der Waals surface area (Å²) in [6, 6.07) is 13.7. The number of fused-ring (bicyclic) bond motifs is 2. The molecule has 0 unspecified atom stereocenters. The number of benzene rings is 2. The molecule has 4 heterocycles. The number of para-hydroxylation sites is 2. The van der Waals surface area contributed by atoms with Gasteiger partial charge in [-0.2, -0.15) is 0 Å². The molecule has 7 N–H and O–H groups in total. The van der Waals surface area contributed by atoms with Gasteiger partial charge in [-0.1, -0.05) is 23.5 Å². The molecule has 1 fully saturated rings. The first-order valence-corrected chi connectivity index (χ1v) is 12.5. The number of anilines is 4. The van der Waals surface area contributed by atoms with Gasteiger partial charge in [0.25, 0.3) is 0 Å². The summed E-state index contributed by atoms with van der Waals surface area (Å²) >= 11 is 1.41. The summed E-state index contributed by atoms with van der Waals surface area (Å²) in [6.45, 7) is 2.35. The van der Waals surface area contributed by atoms with Crippen LogP contribution in [0, 0.1) is 0 Å². The lowest BCUT2D eigenvalue weighted by Crippen LogP contribution is -2.42. The predicted octanol–water partition coefficient (Wildman–Crippen LogP) is 2.00. The summed E-state index contributed by atoms with van der Waals surface area (Å²) in [5.41, 5.74) is 17.4. The molecule has 10 nitrogen and oxygen atoms in total. The molecule has 5 aromatic rings. The Bertz CT molecular complexity index is 1610. The molecule has 2 aromatic carbocycles. The molecule has 0 aliphatic carbocycles. The molecule has 0 bridgehead atoms. The second-order valence-electron chi connectivity index (χ2n) is 8.66. The van der Waals surface area contributed by atoms with Crippen molar-refractivity contribution in [3.8, 4) is 0 Å². The van der Waals surface area contributed by atoms with E-state index < -0.39 is 0 Å². The summed E-state index contributed by atoms with van der Waals surface area (Å²) in [5.74, 6) is 1.72. The topological polar surface area (TPSA) is 157 Å². The number of nitrogens with one attached hydrogen (secondary N) is 1. The van der Waals surface area contributed by atoms with E-state index in [2.05, 4.69) is 25.2 Å². The molecule has 0 amide bonds. The molecule has 0 spiro atoms. The van der Waals surface area contributed by atoms with Crippen LogP contribution in [-0.4, -0.2) is 43.7 Å². The van der Waals surface area contributed by atoms with Crippen LogP contribution < -0.4 is 27.1 Å². The van der Waals surface area contributed by atoms with Crippen molar-refractivity contribution >= 4 is 60.9 Å². The average molecular weight is 498 g/mol. The lowest BCUT2D eigenvalue weighted by molar-refractivity contribution is -0.111. The summed E-state index contributed by atoms with van der Waals surface area (Å²) < 4.78 is 0.944. The number of hydrogen-bond donors (Lipinski definition) is 4. The van der Waals surface area contributed by atoms with Gasteiger partial charge in [-0.3, -0.25) is 5.41 Å². The maximum absolute atomic E-state index is 6.62. The fourth-order valence-electron chi connectivity index (χ4n) is 4.55. The number of aromatic nitrogens is 5. The van der Waals surface area contributed by atoms with E-state index in [-0.39, 0.29) is 0 Å². The molecule has 1 aliphatic heterocycles. The highest BCUT2D eigenvalue weighted by atomic mass is 32.1. The van der Waals surface area contributed by atoms with Crippen LogP contribution in [0.2, 0.25) is 0 Å². The number of thiazole rings is 1. The Morgan fingerprint density at radius 2 is 1.75 bits per heavy atom. The SMILES string of the molecule is Nc1nc2ccc(C(=[NH2+])c3c(N)ncnc3NCc3nc4ccccc4nc3N3CCCC3)cc2s1. The zero-order valence-corrected chi connectivity index (χ0v) is 20.3. The first kappa shape index (κ1) is 22.1. The second-order valence-corrected chi connectivity index (χ2v) is 9.72. The lowest BCUT2D eigenvalue weighted by atomic mass is 10.0. The molecular weight excluding hydrogens is 472 g/mol. The minimum Gasteiger partial charge on any atom is -0.383 e. The van der Waals surface area contributed by atoms with E-state index in [1.165, 1.54) is 17.7 Å². The minimum absolute atomic E-state index is 0.290. The first-order valence-electron chi connectivity index (χ1n) is 11.7. The van der Waals surface area contributed by atoms with E-state index in [4.69, 9.17) is 26.8 Å². The van der Waals surface area contributed by atoms with E-state index in [0.29, 0.717) is 34.6 Å². The maximum atomic E-state index is 6.62. The Morgan fingerprint density at radius 1 is 0.972 bits per heavy atom. The summed E-state index contributed by atoms with van der Waals surface area (Å²) in [4.78, 5) is 25.1. The van der Waals surface area contributed by atoms with Gasteiger partial charge in [0.1, 0.15) is 29.2 Å². The summed E-state index contributed by atoms with van der Waals surface area (Å²) in [7, 11) is 0. The number of rotatable bonds is 6. The van der Waals surface area contributed by atoms with Crippen LogP contribution >= 0.6 is 11.3 Å². The molecule has 6 rings (SSSR count). The smallest absolute Gasteiger partial charge is 0.218 e. The highest BCUT2D eigenvalue weighted by Crippen LogP contribution is 2.28. The third kappa shape index (κ3) is 4.03. The van der Waals surface area contributed by atoms with Crippen molar-refractivity contribution in [2.24, 2.45) is 0 Å². The zero-order chi connectivity index (χ0) is 24.6. The molecule has 0 radical (unpaired) electrons. The molecular formula is C25H25N10S+. The van der Waals surface area contributed by atoms with Crippen molar-refractivity contribution in [3.05, 3.63) is 65.6 Å². The Hall–Kier alpha value is -4.38. The molecule has 1 saturated heterocycles. The number of nitrogen functional groups attached to an aromatic ring is 2.